The third kappa shape index (κ3) is 6.25. The summed E-state index contributed by atoms with van der Waals surface area (Å²) >= 11 is 3.35. The highest BCUT2D eigenvalue weighted by Gasteiger charge is 2.31. The summed E-state index contributed by atoms with van der Waals surface area (Å²) in [5.41, 5.74) is 1.51. The van der Waals surface area contributed by atoms with E-state index in [1.54, 1.807) is 31.2 Å². The van der Waals surface area contributed by atoms with Gasteiger partial charge in [-0.2, -0.15) is 0 Å². The van der Waals surface area contributed by atoms with Crippen molar-refractivity contribution in [2.75, 3.05) is 6.61 Å². The number of aromatic nitrogens is 2. The van der Waals surface area contributed by atoms with Gasteiger partial charge in [0.1, 0.15) is 11.4 Å². The lowest BCUT2D eigenvalue weighted by atomic mass is 10.1. The molecule has 162 valence electrons. The van der Waals surface area contributed by atoms with Gasteiger partial charge in [-0.25, -0.2) is 9.97 Å². The molecule has 0 aliphatic rings. The predicted molar refractivity (Wildman–Crippen MR) is 111 cm³/mol. The maximum Gasteiger partial charge on any atom is 0.573 e. The van der Waals surface area contributed by atoms with E-state index >= 15 is 0 Å². The first-order chi connectivity index (χ1) is 14.6. The summed E-state index contributed by atoms with van der Waals surface area (Å²) in [7, 11) is 0. The van der Waals surface area contributed by atoms with Gasteiger partial charge in [0.05, 0.1) is 12.3 Å². The quantitative estimate of drug-likeness (QED) is 0.522. The number of ether oxygens (including phenoxy) is 1. The Hall–Kier alpha value is -2.98. The standard InChI is InChI=1S/C21H17BrF3N3O3/c1-12(11-29)26-20(30)18-10-17(13-4-8-16(9-5-13)31-21(23,24)25)27-19(28-18)14-2-6-15(22)7-3-14/h2-10,12,29H,11H2,1H3,(H,26,30)/t12-/m0/s1. The molecule has 0 saturated heterocycles. The third-order valence-electron chi connectivity index (χ3n) is 4.10. The normalized spacial score (nSPS) is 12.3. The van der Waals surface area contributed by atoms with Gasteiger partial charge in [-0.3, -0.25) is 4.79 Å². The fraction of sp³-hybridized carbons (Fsp3) is 0.190. The number of halogens is 4. The van der Waals surface area contributed by atoms with E-state index in [9.17, 15) is 23.1 Å². The minimum Gasteiger partial charge on any atom is -0.406 e. The monoisotopic (exact) mass is 495 g/mol. The molecular formula is C21H17BrF3N3O3. The van der Waals surface area contributed by atoms with Gasteiger partial charge in [-0.05, 0) is 49.4 Å². The maximum absolute atomic E-state index is 12.6. The van der Waals surface area contributed by atoms with Crippen molar-refractivity contribution in [3.8, 4) is 28.4 Å². The Morgan fingerprint density at radius 2 is 1.71 bits per heavy atom. The minimum absolute atomic E-state index is 0.0545. The van der Waals surface area contributed by atoms with Crippen molar-refractivity contribution < 1.29 is 27.8 Å². The summed E-state index contributed by atoms with van der Waals surface area (Å²) in [5, 5.41) is 11.8. The number of hydrogen-bond acceptors (Lipinski definition) is 5. The molecule has 3 aromatic rings. The number of benzene rings is 2. The number of carbonyl (C=O) groups excluding carboxylic acids is 1. The van der Waals surface area contributed by atoms with Gasteiger partial charge >= 0.3 is 6.36 Å². The largest absolute Gasteiger partial charge is 0.573 e. The van der Waals surface area contributed by atoms with E-state index in [1.165, 1.54) is 18.2 Å². The molecule has 1 amide bonds. The predicted octanol–water partition coefficient (Wildman–Crippen LogP) is 4.58. The van der Waals surface area contributed by atoms with Crippen LogP contribution in [0.25, 0.3) is 22.6 Å². The van der Waals surface area contributed by atoms with E-state index in [0.29, 0.717) is 16.8 Å². The fourth-order valence-corrected chi connectivity index (χ4v) is 2.87. The van der Waals surface area contributed by atoms with Crippen LogP contribution in [0, 0.1) is 0 Å². The van der Waals surface area contributed by atoms with Crippen molar-refractivity contribution in [1.29, 1.82) is 0 Å². The van der Waals surface area contributed by atoms with E-state index in [1.807, 2.05) is 0 Å². The molecule has 2 N–H and O–H groups in total. The molecule has 0 saturated carbocycles. The molecule has 2 aromatic carbocycles. The van der Waals surface area contributed by atoms with E-state index in [-0.39, 0.29) is 23.9 Å². The smallest absolute Gasteiger partial charge is 0.406 e. The molecular weight excluding hydrogens is 479 g/mol. The van der Waals surface area contributed by atoms with Crippen LogP contribution in [0.1, 0.15) is 17.4 Å². The second-order valence-electron chi connectivity index (χ2n) is 6.60. The zero-order chi connectivity index (χ0) is 22.6. The summed E-state index contributed by atoms with van der Waals surface area (Å²) in [6.45, 7) is 1.39. The summed E-state index contributed by atoms with van der Waals surface area (Å²) in [4.78, 5) is 21.4. The van der Waals surface area contributed by atoms with Crippen LogP contribution in [0.2, 0.25) is 0 Å². The van der Waals surface area contributed by atoms with Crippen LogP contribution in [-0.2, 0) is 0 Å². The minimum atomic E-state index is -4.79. The van der Waals surface area contributed by atoms with Crippen molar-refractivity contribution in [3.05, 3.63) is 64.8 Å². The Labute approximate surface area is 184 Å². The van der Waals surface area contributed by atoms with Crippen molar-refractivity contribution in [2.24, 2.45) is 0 Å². The molecule has 0 aliphatic heterocycles. The van der Waals surface area contributed by atoms with Gasteiger partial charge in [0, 0.05) is 21.6 Å². The Balaban J connectivity index is 2.02. The molecule has 0 radical (unpaired) electrons. The van der Waals surface area contributed by atoms with E-state index in [0.717, 1.165) is 16.6 Å². The van der Waals surface area contributed by atoms with Gasteiger partial charge in [0.2, 0.25) is 0 Å². The number of alkyl halides is 3. The number of hydrogen-bond donors (Lipinski definition) is 2. The molecule has 1 heterocycles. The Kier molecular flexibility index (Phi) is 6.91. The zero-order valence-electron chi connectivity index (χ0n) is 16.2. The molecule has 6 nitrogen and oxygen atoms in total. The van der Waals surface area contributed by atoms with E-state index in [2.05, 4.69) is 36.0 Å². The van der Waals surface area contributed by atoms with Gasteiger partial charge in [-0.15, -0.1) is 13.2 Å². The van der Waals surface area contributed by atoms with Crippen LogP contribution in [0.5, 0.6) is 5.75 Å². The van der Waals surface area contributed by atoms with Crippen molar-refractivity contribution in [3.63, 3.8) is 0 Å². The molecule has 0 aliphatic carbocycles. The highest BCUT2D eigenvalue weighted by molar-refractivity contribution is 9.10. The highest BCUT2D eigenvalue weighted by Crippen LogP contribution is 2.28. The van der Waals surface area contributed by atoms with Crippen molar-refractivity contribution in [1.82, 2.24) is 15.3 Å². The number of rotatable bonds is 6. The average molecular weight is 496 g/mol. The molecule has 0 bridgehead atoms. The van der Waals surface area contributed by atoms with Crippen molar-refractivity contribution in [2.45, 2.75) is 19.3 Å². The Morgan fingerprint density at radius 3 is 2.29 bits per heavy atom. The Morgan fingerprint density at radius 1 is 1.10 bits per heavy atom. The molecule has 0 fully saturated rings. The number of nitrogens with zero attached hydrogens (tertiary/aromatic N) is 2. The summed E-state index contributed by atoms with van der Waals surface area (Å²) in [6.07, 6.45) is -4.79. The lowest BCUT2D eigenvalue weighted by Crippen LogP contribution is -2.35. The molecule has 1 atom stereocenters. The molecule has 3 rings (SSSR count). The Bertz CT molecular complexity index is 1060. The third-order valence-corrected chi connectivity index (χ3v) is 4.62. The molecule has 31 heavy (non-hydrogen) atoms. The molecule has 0 spiro atoms. The van der Waals surface area contributed by atoms with Crippen LogP contribution >= 0.6 is 15.9 Å². The second kappa shape index (κ2) is 9.44. The molecule has 0 unspecified atom stereocenters. The van der Waals surface area contributed by atoms with Gasteiger partial charge < -0.3 is 15.2 Å². The second-order valence-corrected chi connectivity index (χ2v) is 7.51. The molecule has 10 heteroatoms. The topological polar surface area (TPSA) is 84.3 Å². The van der Waals surface area contributed by atoms with Crippen LogP contribution in [0.4, 0.5) is 13.2 Å². The first kappa shape index (κ1) is 22.7. The number of nitrogens with one attached hydrogen (secondary N) is 1. The number of aliphatic hydroxyl groups is 1. The van der Waals surface area contributed by atoms with E-state index in [4.69, 9.17) is 0 Å². The lowest BCUT2D eigenvalue weighted by Gasteiger charge is -2.13. The van der Waals surface area contributed by atoms with Crippen LogP contribution < -0.4 is 10.1 Å². The van der Waals surface area contributed by atoms with Gasteiger partial charge in [0.25, 0.3) is 5.91 Å². The summed E-state index contributed by atoms with van der Waals surface area (Å²) < 4.78 is 41.9. The molecule has 1 aromatic heterocycles. The lowest BCUT2D eigenvalue weighted by molar-refractivity contribution is -0.274. The zero-order valence-corrected chi connectivity index (χ0v) is 17.7. The number of carbonyl (C=O) groups is 1. The summed E-state index contributed by atoms with van der Waals surface area (Å²) in [5.74, 6) is -0.615. The number of aliphatic hydroxyl groups excluding tert-OH is 1. The van der Waals surface area contributed by atoms with Gasteiger partial charge in [-0.1, -0.05) is 28.1 Å². The SMILES string of the molecule is C[C@@H](CO)NC(=O)c1cc(-c2ccc(OC(F)(F)F)cc2)nc(-c2ccc(Br)cc2)n1. The highest BCUT2D eigenvalue weighted by atomic mass is 79.9. The van der Waals surface area contributed by atoms with Crippen LogP contribution in [0.3, 0.4) is 0 Å². The van der Waals surface area contributed by atoms with E-state index < -0.39 is 18.3 Å². The first-order valence-electron chi connectivity index (χ1n) is 9.07. The van der Waals surface area contributed by atoms with Crippen LogP contribution in [-0.4, -0.2) is 40.0 Å². The maximum atomic E-state index is 12.6. The average Bonchev–Trinajstić information content (AvgIpc) is 2.73. The first-order valence-corrected chi connectivity index (χ1v) is 9.87. The van der Waals surface area contributed by atoms with Gasteiger partial charge in [0.15, 0.2) is 5.82 Å². The summed E-state index contributed by atoms with van der Waals surface area (Å²) in [6, 6.07) is 13.2. The number of amides is 1. The van der Waals surface area contributed by atoms with Crippen molar-refractivity contribution >= 4 is 21.8 Å². The van der Waals surface area contributed by atoms with Crippen LogP contribution in [0.15, 0.2) is 59.1 Å². The fourth-order valence-electron chi connectivity index (χ4n) is 2.61.